The Morgan fingerprint density at radius 3 is 2.65 bits per heavy atom. The van der Waals surface area contributed by atoms with Crippen LogP contribution in [0.3, 0.4) is 0 Å². The number of hydrogen-bond acceptors (Lipinski definition) is 4. The van der Waals surface area contributed by atoms with Crippen molar-refractivity contribution in [3.63, 3.8) is 0 Å². The number of carbonyl (C=O) groups is 1. The molecule has 1 aliphatic rings. The molecule has 26 heavy (non-hydrogen) atoms. The first-order valence-electron chi connectivity index (χ1n) is 8.41. The number of hydrogen-bond donors (Lipinski definition) is 1. The standard InChI is InChI=1S/C20H17FN4O/c21-16-7-5-14(6-8-16)11-23-19-13-22-17(12-24-19)20(26)25-10-9-15-3-1-2-4-18(15)25/h1-8,12-13H,9-11H2,(H,23,24). The SMILES string of the molecule is O=C(c1cnc(NCc2ccc(F)cc2)cn1)N1CCc2ccccc21. The summed E-state index contributed by atoms with van der Waals surface area (Å²) in [5.74, 6) is 0.153. The lowest BCUT2D eigenvalue weighted by atomic mass is 10.2. The predicted molar refractivity (Wildman–Crippen MR) is 97.6 cm³/mol. The molecule has 4 rings (SSSR count). The number of nitrogens with one attached hydrogen (secondary N) is 1. The smallest absolute Gasteiger partial charge is 0.278 e. The maximum Gasteiger partial charge on any atom is 0.278 e. The second kappa shape index (κ2) is 6.92. The first-order valence-corrected chi connectivity index (χ1v) is 8.41. The molecular weight excluding hydrogens is 331 g/mol. The van der Waals surface area contributed by atoms with E-state index in [4.69, 9.17) is 0 Å². The zero-order chi connectivity index (χ0) is 17.9. The highest BCUT2D eigenvalue weighted by Crippen LogP contribution is 2.28. The highest BCUT2D eigenvalue weighted by molar-refractivity contribution is 6.05. The van der Waals surface area contributed by atoms with E-state index in [9.17, 15) is 9.18 Å². The van der Waals surface area contributed by atoms with E-state index in [1.54, 1.807) is 23.2 Å². The van der Waals surface area contributed by atoms with Crippen LogP contribution >= 0.6 is 0 Å². The van der Waals surface area contributed by atoms with Crippen LogP contribution in [0.15, 0.2) is 60.9 Å². The Bertz CT molecular complexity index is 925. The van der Waals surface area contributed by atoms with Crippen molar-refractivity contribution in [1.29, 1.82) is 0 Å². The monoisotopic (exact) mass is 348 g/mol. The highest BCUT2D eigenvalue weighted by Gasteiger charge is 2.26. The summed E-state index contributed by atoms with van der Waals surface area (Å²) < 4.78 is 12.9. The van der Waals surface area contributed by atoms with Gasteiger partial charge in [0.2, 0.25) is 0 Å². The van der Waals surface area contributed by atoms with Gasteiger partial charge in [-0.15, -0.1) is 0 Å². The molecule has 6 heteroatoms. The van der Waals surface area contributed by atoms with Gasteiger partial charge in [-0.2, -0.15) is 0 Å². The normalized spacial score (nSPS) is 12.7. The van der Waals surface area contributed by atoms with E-state index in [1.165, 1.54) is 23.9 Å². The van der Waals surface area contributed by atoms with Gasteiger partial charge in [0.05, 0.1) is 12.4 Å². The minimum atomic E-state index is -0.264. The maximum atomic E-state index is 12.9. The van der Waals surface area contributed by atoms with Crippen molar-refractivity contribution in [3.05, 3.63) is 83.6 Å². The van der Waals surface area contributed by atoms with E-state index in [2.05, 4.69) is 15.3 Å². The predicted octanol–water partition coefficient (Wildman–Crippen LogP) is 3.43. The Balaban J connectivity index is 1.43. The van der Waals surface area contributed by atoms with Gasteiger partial charge in [-0.25, -0.2) is 14.4 Å². The van der Waals surface area contributed by atoms with E-state index < -0.39 is 0 Å². The second-order valence-corrected chi connectivity index (χ2v) is 6.10. The van der Waals surface area contributed by atoms with Gasteiger partial charge in [0.25, 0.3) is 5.91 Å². The van der Waals surface area contributed by atoms with Gasteiger partial charge >= 0.3 is 0 Å². The molecule has 0 saturated heterocycles. The molecule has 0 atom stereocenters. The quantitative estimate of drug-likeness (QED) is 0.785. The minimum absolute atomic E-state index is 0.146. The molecule has 2 heterocycles. The minimum Gasteiger partial charge on any atom is -0.365 e. The summed E-state index contributed by atoms with van der Waals surface area (Å²) in [7, 11) is 0. The van der Waals surface area contributed by atoms with Gasteiger partial charge < -0.3 is 10.2 Å². The molecule has 1 aliphatic heterocycles. The van der Waals surface area contributed by atoms with E-state index in [0.717, 1.165) is 17.7 Å². The fourth-order valence-corrected chi connectivity index (χ4v) is 3.01. The van der Waals surface area contributed by atoms with E-state index >= 15 is 0 Å². The molecule has 1 aromatic heterocycles. The largest absolute Gasteiger partial charge is 0.365 e. The van der Waals surface area contributed by atoms with Crippen LogP contribution in [-0.4, -0.2) is 22.4 Å². The zero-order valence-corrected chi connectivity index (χ0v) is 14.0. The fraction of sp³-hybridized carbons (Fsp3) is 0.150. The summed E-state index contributed by atoms with van der Waals surface area (Å²) in [5, 5.41) is 3.11. The van der Waals surface area contributed by atoms with Crippen LogP contribution in [0, 0.1) is 5.82 Å². The van der Waals surface area contributed by atoms with Crippen LogP contribution in [0.2, 0.25) is 0 Å². The average Bonchev–Trinajstić information content (AvgIpc) is 3.11. The fourth-order valence-electron chi connectivity index (χ4n) is 3.01. The van der Waals surface area contributed by atoms with Crippen LogP contribution in [0.1, 0.15) is 21.6 Å². The van der Waals surface area contributed by atoms with Crippen molar-refractivity contribution in [2.45, 2.75) is 13.0 Å². The number of rotatable bonds is 4. The molecule has 0 saturated carbocycles. The lowest BCUT2D eigenvalue weighted by molar-refractivity contribution is 0.0984. The van der Waals surface area contributed by atoms with Crippen molar-refractivity contribution in [3.8, 4) is 0 Å². The third-order valence-electron chi connectivity index (χ3n) is 4.39. The summed E-state index contributed by atoms with van der Waals surface area (Å²) in [6, 6.07) is 14.1. The Kier molecular flexibility index (Phi) is 4.31. The lowest BCUT2D eigenvalue weighted by Gasteiger charge is -2.16. The molecule has 1 N–H and O–H groups in total. The Morgan fingerprint density at radius 1 is 1.08 bits per heavy atom. The number of nitrogens with zero attached hydrogens (tertiary/aromatic N) is 3. The molecule has 2 aromatic carbocycles. The summed E-state index contributed by atoms with van der Waals surface area (Å²) in [4.78, 5) is 23.0. The van der Waals surface area contributed by atoms with Crippen molar-refractivity contribution < 1.29 is 9.18 Å². The van der Waals surface area contributed by atoms with E-state index in [1.807, 2.05) is 24.3 Å². The van der Waals surface area contributed by atoms with Crippen LogP contribution in [0.25, 0.3) is 0 Å². The van der Waals surface area contributed by atoms with Gasteiger partial charge in [-0.05, 0) is 35.7 Å². The number of carbonyl (C=O) groups excluding carboxylic acids is 1. The van der Waals surface area contributed by atoms with Gasteiger partial charge in [-0.1, -0.05) is 30.3 Å². The topological polar surface area (TPSA) is 58.1 Å². The molecule has 130 valence electrons. The number of halogens is 1. The van der Waals surface area contributed by atoms with Crippen molar-refractivity contribution in [2.75, 3.05) is 16.8 Å². The van der Waals surface area contributed by atoms with Gasteiger partial charge in [0.15, 0.2) is 0 Å². The molecule has 0 aliphatic carbocycles. The number of aromatic nitrogens is 2. The zero-order valence-electron chi connectivity index (χ0n) is 14.0. The third kappa shape index (κ3) is 3.26. The Hall–Kier alpha value is -3.28. The lowest BCUT2D eigenvalue weighted by Crippen LogP contribution is -2.29. The van der Waals surface area contributed by atoms with Crippen LogP contribution < -0.4 is 10.2 Å². The third-order valence-corrected chi connectivity index (χ3v) is 4.39. The summed E-state index contributed by atoms with van der Waals surface area (Å²) >= 11 is 0. The molecule has 0 bridgehead atoms. The highest BCUT2D eigenvalue weighted by atomic mass is 19.1. The van der Waals surface area contributed by atoms with Gasteiger partial charge in [-0.3, -0.25) is 4.79 Å². The van der Waals surface area contributed by atoms with Crippen LogP contribution in [0.5, 0.6) is 0 Å². The number of fused-ring (bicyclic) bond motifs is 1. The number of anilines is 2. The number of benzene rings is 2. The second-order valence-electron chi connectivity index (χ2n) is 6.10. The maximum absolute atomic E-state index is 12.9. The van der Waals surface area contributed by atoms with Crippen LogP contribution in [0.4, 0.5) is 15.9 Å². The molecule has 0 fully saturated rings. The molecule has 0 spiro atoms. The molecular formula is C20H17FN4O. The summed E-state index contributed by atoms with van der Waals surface area (Å²) in [5.41, 5.74) is 3.36. The summed E-state index contributed by atoms with van der Waals surface area (Å²) in [6.07, 6.45) is 3.88. The molecule has 5 nitrogen and oxygen atoms in total. The van der Waals surface area contributed by atoms with Crippen molar-refractivity contribution in [2.24, 2.45) is 0 Å². The van der Waals surface area contributed by atoms with Gasteiger partial charge in [0.1, 0.15) is 17.3 Å². The molecule has 1 amide bonds. The Morgan fingerprint density at radius 2 is 1.88 bits per heavy atom. The van der Waals surface area contributed by atoms with Crippen molar-refractivity contribution >= 4 is 17.4 Å². The first kappa shape index (κ1) is 16.2. The Labute approximate surface area is 150 Å². The number of amides is 1. The molecule has 0 unspecified atom stereocenters. The van der Waals surface area contributed by atoms with Crippen molar-refractivity contribution in [1.82, 2.24) is 9.97 Å². The summed E-state index contributed by atoms with van der Waals surface area (Å²) in [6.45, 7) is 1.16. The molecule has 0 radical (unpaired) electrons. The number of para-hydroxylation sites is 1. The first-order chi connectivity index (χ1) is 12.7. The average molecular weight is 348 g/mol. The van der Waals surface area contributed by atoms with Crippen LogP contribution in [-0.2, 0) is 13.0 Å². The molecule has 3 aromatic rings. The van der Waals surface area contributed by atoms with E-state index in [-0.39, 0.29) is 11.7 Å². The van der Waals surface area contributed by atoms with E-state index in [0.29, 0.717) is 24.6 Å². The van der Waals surface area contributed by atoms with Gasteiger partial charge in [0, 0.05) is 18.8 Å².